The molecular weight excluding hydrogens is 332 g/mol. The fourth-order valence-electron chi connectivity index (χ4n) is 3.34. The molecular formula is C20H18N2O2S. The molecule has 0 aliphatic carbocycles. The number of thioether (sulfide) groups is 1. The number of carbonyl (C=O) groups is 2. The van der Waals surface area contributed by atoms with Gasteiger partial charge in [0.05, 0.1) is 5.25 Å². The van der Waals surface area contributed by atoms with Crippen molar-refractivity contribution in [2.75, 3.05) is 0 Å². The molecule has 0 radical (unpaired) electrons. The van der Waals surface area contributed by atoms with Crippen LogP contribution in [0.1, 0.15) is 16.7 Å². The lowest BCUT2D eigenvalue weighted by atomic mass is 10.0. The van der Waals surface area contributed by atoms with Crippen molar-refractivity contribution < 1.29 is 9.59 Å². The summed E-state index contributed by atoms with van der Waals surface area (Å²) in [5, 5.41) is 2.91. The number of carbonyl (C=O) groups excluding carboxylic acids is 2. The number of fused-ring (bicyclic) bond motifs is 1. The molecule has 1 saturated heterocycles. The van der Waals surface area contributed by atoms with Crippen LogP contribution in [0.4, 0.5) is 4.79 Å². The van der Waals surface area contributed by atoms with Gasteiger partial charge in [-0.2, -0.15) is 0 Å². The van der Waals surface area contributed by atoms with Gasteiger partial charge in [-0.1, -0.05) is 53.7 Å². The Morgan fingerprint density at radius 1 is 1.12 bits per heavy atom. The number of aryl methyl sites for hydroxylation is 1. The van der Waals surface area contributed by atoms with Crippen LogP contribution in [0.5, 0.6) is 0 Å². The fraction of sp³-hybridized carbons (Fsp3) is 0.200. The number of aromatic nitrogens is 1. The van der Waals surface area contributed by atoms with E-state index in [0.29, 0.717) is 6.42 Å². The largest absolute Gasteiger partial charge is 0.343 e. The van der Waals surface area contributed by atoms with Crippen LogP contribution in [-0.4, -0.2) is 21.0 Å². The van der Waals surface area contributed by atoms with Gasteiger partial charge < -0.3 is 4.57 Å². The number of hydrogen-bond acceptors (Lipinski definition) is 3. The number of nitrogens with zero attached hydrogens (tertiary/aromatic N) is 1. The second-order valence-electron chi connectivity index (χ2n) is 6.37. The van der Waals surface area contributed by atoms with Crippen molar-refractivity contribution in [3.8, 4) is 0 Å². The molecule has 4 rings (SSSR count). The van der Waals surface area contributed by atoms with E-state index >= 15 is 0 Å². The third-order valence-electron chi connectivity index (χ3n) is 4.51. The Morgan fingerprint density at radius 2 is 1.96 bits per heavy atom. The standard InChI is InChI=1S/C20H18N2O2S/c1-13-4-2-5-14(10-13)12-22-9-8-16-15(6-3-7-17(16)22)11-18-19(23)21-20(24)25-18/h2-10,18H,11-12H2,1H3,(H,21,23,24). The van der Waals surface area contributed by atoms with E-state index in [-0.39, 0.29) is 16.4 Å². The summed E-state index contributed by atoms with van der Waals surface area (Å²) < 4.78 is 2.22. The minimum Gasteiger partial charge on any atom is -0.343 e. The van der Waals surface area contributed by atoms with Gasteiger partial charge in [-0.3, -0.25) is 14.9 Å². The van der Waals surface area contributed by atoms with Crippen molar-refractivity contribution >= 4 is 33.8 Å². The van der Waals surface area contributed by atoms with E-state index in [4.69, 9.17) is 0 Å². The molecule has 0 saturated carbocycles. The van der Waals surface area contributed by atoms with E-state index in [1.165, 1.54) is 11.1 Å². The summed E-state index contributed by atoms with van der Waals surface area (Å²) in [5.41, 5.74) is 4.76. The number of rotatable bonds is 4. The highest BCUT2D eigenvalue weighted by Gasteiger charge is 2.31. The Balaban J connectivity index is 1.64. The number of hydrogen-bond donors (Lipinski definition) is 1. The van der Waals surface area contributed by atoms with Gasteiger partial charge in [-0.25, -0.2) is 0 Å². The normalized spacial score (nSPS) is 17.2. The van der Waals surface area contributed by atoms with Gasteiger partial charge in [0, 0.05) is 23.6 Å². The summed E-state index contributed by atoms with van der Waals surface area (Å²) in [5.74, 6) is -0.189. The number of imide groups is 1. The third-order valence-corrected chi connectivity index (χ3v) is 5.49. The minimum absolute atomic E-state index is 0.189. The first-order valence-corrected chi connectivity index (χ1v) is 9.12. The molecule has 5 heteroatoms. The molecule has 3 aromatic rings. The summed E-state index contributed by atoms with van der Waals surface area (Å²) >= 11 is 1.08. The molecule has 25 heavy (non-hydrogen) atoms. The molecule has 1 unspecified atom stereocenters. The zero-order valence-corrected chi connectivity index (χ0v) is 14.7. The quantitative estimate of drug-likeness (QED) is 0.776. The van der Waals surface area contributed by atoms with E-state index < -0.39 is 0 Å². The average molecular weight is 350 g/mol. The van der Waals surface area contributed by atoms with Gasteiger partial charge >= 0.3 is 0 Å². The van der Waals surface area contributed by atoms with Gasteiger partial charge in [0.1, 0.15) is 0 Å². The predicted octanol–water partition coefficient (Wildman–Crippen LogP) is 3.89. The summed E-state index contributed by atoms with van der Waals surface area (Å²) in [4.78, 5) is 23.2. The summed E-state index contributed by atoms with van der Waals surface area (Å²) in [7, 11) is 0. The monoisotopic (exact) mass is 350 g/mol. The Hall–Kier alpha value is -2.53. The van der Waals surface area contributed by atoms with Crippen LogP contribution in [0.3, 0.4) is 0 Å². The molecule has 1 fully saturated rings. The van der Waals surface area contributed by atoms with Crippen LogP contribution in [0.25, 0.3) is 10.9 Å². The lowest BCUT2D eigenvalue weighted by molar-refractivity contribution is -0.118. The van der Waals surface area contributed by atoms with Crippen molar-refractivity contribution in [1.82, 2.24) is 9.88 Å². The van der Waals surface area contributed by atoms with Crippen LogP contribution in [0.15, 0.2) is 54.7 Å². The van der Waals surface area contributed by atoms with E-state index in [1.807, 2.05) is 12.1 Å². The van der Waals surface area contributed by atoms with Gasteiger partial charge in [0.15, 0.2) is 0 Å². The van der Waals surface area contributed by atoms with E-state index in [1.54, 1.807) is 0 Å². The first-order valence-electron chi connectivity index (χ1n) is 8.24. The summed E-state index contributed by atoms with van der Waals surface area (Å²) in [6.45, 7) is 2.91. The molecule has 1 aromatic heterocycles. The SMILES string of the molecule is Cc1cccc(Cn2ccc3c(CC4SC(=O)NC4=O)cccc32)c1. The highest BCUT2D eigenvalue weighted by Crippen LogP contribution is 2.28. The van der Waals surface area contributed by atoms with Gasteiger partial charge in [-0.15, -0.1) is 0 Å². The van der Waals surface area contributed by atoms with Gasteiger partial charge in [0.25, 0.3) is 5.24 Å². The number of benzene rings is 2. The molecule has 1 N–H and O–H groups in total. The molecule has 0 bridgehead atoms. The van der Waals surface area contributed by atoms with Crippen molar-refractivity contribution in [3.05, 3.63) is 71.4 Å². The molecule has 0 spiro atoms. The lowest BCUT2D eigenvalue weighted by Gasteiger charge is -2.09. The van der Waals surface area contributed by atoms with Crippen LogP contribution < -0.4 is 5.32 Å². The number of nitrogens with one attached hydrogen (secondary N) is 1. The second kappa shape index (κ2) is 6.41. The molecule has 2 amide bonds. The molecule has 4 nitrogen and oxygen atoms in total. The zero-order chi connectivity index (χ0) is 17.4. The van der Waals surface area contributed by atoms with Crippen molar-refractivity contribution in [1.29, 1.82) is 0 Å². The maximum absolute atomic E-state index is 11.8. The van der Waals surface area contributed by atoms with E-state index in [9.17, 15) is 9.59 Å². The molecule has 2 heterocycles. The smallest absolute Gasteiger partial charge is 0.286 e. The summed E-state index contributed by atoms with van der Waals surface area (Å²) in [6.07, 6.45) is 2.65. The number of amides is 2. The van der Waals surface area contributed by atoms with Crippen molar-refractivity contribution in [3.63, 3.8) is 0 Å². The van der Waals surface area contributed by atoms with Crippen LogP contribution in [0, 0.1) is 6.92 Å². The first kappa shape index (κ1) is 16.0. The third kappa shape index (κ3) is 3.20. The Morgan fingerprint density at radius 3 is 2.72 bits per heavy atom. The Kier molecular flexibility index (Phi) is 4.09. The second-order valence-corrected chi connectivity index (χ2v) is 7.55. The Bertz CT molecular complexity index is 977. The summed E-state index contributed by atoms with van der Waals surface area (Å²) in [6, 6.07) is 16.8. The average Bonchev–Trinajstić information content (AvgIpc) is 3.12. The highest BCUT2D eigenvalue weighted by molar-refractivity contribution is 8.15. The Labute approximate surface area is 150 Å². The topological polar surface area (TPSA) is 51.1 Å². The van der Waals surface area contributed by atoms with Crippen LogP contribution >= 0.6 is 11.8 Å². The highest BCUT2D eigenvalue weighted by atomic mass is 32.2. The van der Waals surface area contributed by atoms with Crippen molar-refractivity contribution in [2.24, 2.45) is 0 Å². The molecule has 2 aromatic carbocycles. The van der Waals surface area contributed by atoms with E-state index in [2.05, 4.69) is 59.4 Å². The maximum Gasteiger partial charge on any atom is 0.286 e. The van der Waals surface area contributed by atoms with E-state index in [0.717, 1.165) is 34.8 Å². The maximum atomic E-state index is 11.8. The van der Waals surface area contributed by atoms with Crippen LogP contribution in [-0.2, 0) is 17.8 Å². The molecule has 1 atom stereocenters. The van der Waals surface area contributed by atoms with Crippen molar-refractivity contribution in [2.45, 2.75) is 25.1 Å². The van der Waals surface area contributed by atoms with Gasteiger partial charge in [-0.05, 0) is 36.6 Å². The van der Waals surface area contributed by atoms with Gasteiger partial charge in [0.2, 0.25) is 5.91 Å². The first-order chi connectivity index (χ1) is 12.1. The predicted molar refractivity (Wildman–Crippen MR) is 101 cm³/mol. The zero-order valence-electron chi connectivity index (χ0n) is 13.9. The van der Waals surface area contributed by atoms with Crippen LogP contribution in [0.2, 0.25) is 0 Å². The lowest BCUT2D eigenvalue weighted by Crippen LogP contribution is -2.25. The molecule has 126 valence electrons. The molecule has 1 aliphatic rings. The molecule has 1 aliphatic heterocycles. The fourth-order valence-corrected chi connectivity index (χ4v) is 4.18. The minimum atomic E-state index is -0.335.